The standard InChI is InChI=1S/C18H24N4O2/c1-13(17-6-3-11-24-17)22(14-7-8-14)18(23)20-15-4-2-5-16(15)21-10-9-19-12-21/h3,6,9-16H,2,4-5,7-8H2,1H3,(H,20,23). The van der Waals surface area contributed by atoms with Crippen LogP contribution in [-0.4, -0.2) is 32.6 Å². The average Bonchev–Trinajstić information content (AvgIpc) is 3.07. The van der Waals surface area contributed by atoms with Crippen LogP contribution in [0.4, 0.5) is 4.79 Å². The van der Waals surface area contributed by atoms with Crippen LogP contribution in [0.3, 0.4) is 0 Å². The summed E-state index contributed by atoms with van der Waals surface area (Å²) in [6.07, 6.45) is 12.7. The summed E-state index contributed by atoms with van der Waals surface area (Å²) in [5, 5.41) is 3.28. The lowest BCUT2D eigenvalue weighted by atomic mass is 10.1. The smallest absolute Gasteiger partial charge is 0.318 e. The molecule has 128 valence electrons. The Morgan fingerprint density at radius 1 is 1.42 bits per heavy atom. The molecule has 24 heavy (non-hydrogen) atoms. The molecule has 2 saturated carbocycles. The Morgan fingerprint density at radius 3 is 2.96 bits per heavy atom. The lowest BCUT2D eigenvalue weighted by Crippen LogP contribution is -2.48. The van der Waals surface area contributed by atoms with Gasteiger partial charge in [-0.15, -0.1) is 0 Å². The molecule has 2 aliphatic rings. The van der Waals surface area contributed by atoms with E-state index in [9.17, 15) is 4.79 Å². The third-order valence-corrected chi connectivity index (χ3v) is 5.24. The summed E-state index contributed by atoms with van der Waals surface area (Å²) in [7, 11) is 0. The molecule has 3 unspecified atom stereocenters. The van der Waals surface area contributed by atoms with Crippen LogP contribution < -0.4 is 5.32 Å². The maximum atomic E-state index is 13.0. The van der Waals surface area contributed by atoms with E-state index in [1.54, 1.807) is 12.5 Å². The molecule has 4 rings (SSSR count). The van der Waals surface area contributed by atoms with Crippen LogP contribution >= 0.6 is 0 Å². The van der Waals surface area contributed by atoms with Crippen molar-refractivity contribution < 1.29 is 9.21 Å². The molecular formula is C18H24N4O2. The van der Waals surface area contributed by atoms with Gasteiger partial charge in [0.1, 0.15) is 5.76 Å². The quantitative estimate of drug-likeness (QED) is 0.913. The van der Waals surface area contributed by atoms with Crippen molar-refractivity contribution in [3.63, 3.8) is 0 Å². The molecule has 2 heterocycles. The van der Waals surface area contributed by atoms with Crippen molar-refractivity contribution in [2.75, 3.05) is 0 Å². The molecule has 0 bridgehead atoms. The third-order valence-electron chi connectivity index (χ3n) is 5.24. The first-order valence-corrected chi connectivity index (χ1v) is 8.83. The highest BCUT2D eigenvalue weighted by molar-refractivity contribution is 5.76. The molecule has 0 saturated heterocycles. The Bertz CT molecular complexity index is 663. The van der Waals surface area contributed by atoms with Crippen molar-refractivity contribution in [1.82, 2.24) is 19.8 Å². The topological polar surface area (TPSA) is 63.3 Å². The predicted octanol–water partition coefficient (Wildman–Crippen LogP) is 3.50. The second kappa shape index (κ2) is 6.34. The molecule has 0 aromatic carbocycles. The van der Waals surface area contributed by atoms with E-state index < -0.39 is 0 Å². The average molecular weight is 328 g/mol. The second-order valence-corrected chi connectivity index (χ2v) is 6.89. The first kappa shape index (κ1) is 15.3. The summed E-state index contributed by atoms with van der Waals surface area (Å²) < 4.78 is 7.64. The van der Waals surface area contributed by atoms with E-state index >= 15 is 0 Å². The fraction of sp³-hybridized carbons (Fsp3) is 0.556. The number of amides is 2. The van der Waals surface area contributed by atoms with E-state index in [2.05, 4.69) is 14.9 Å². The summed E-state index contributed by atoms with van der Waals surface area (Å²) in [5.74, 6) is 0.842. The Hall–Kier alpha value is -2.24. The van der Waals surface area contributed by atoms with E-state index in [0.29, 0.717) is 12.1 Å². The molecule has 0 radical (unpaired) electrons. The van der Waals surface area contributed by atoms with Gasteiger partial charge in [0, 0.05) is 18.4 Å². The number of carbonyl (C=O) groups is 1. The zero-order chi connectivity index (χ0) is 16.5. The molecule has 1 N–H and O–H groups in total. The minimum Gasteiger partial charge on any atom is -0.467 e. The van der Waals surface area contributed by atoms with Gasteiger partial charge in [-0.3, -0.25) is 0 Å². The maximum Gasteiger partial charge on any atom is 0.318 e. The normalized spacial score (nSPS) is 24.7. The summed E-state index contributed by atoms with van der Waals surface area (Å²) in [6.45, 7) is 2.04. The summed E-state index contributed by atoms with van der Waals surface area (Å²) >= 11 is 0. The molecule has 0 spiro atoms. The highest BCUT2D eigenvalue weighted by Crippen LogP contribution is 2.36. The third kappa shape index (κ3) is 2.92. The first-order chi connectivity index (χ1) is 11.7. The van der Waals surface area contributed by atoms with Gasteiger partial charge in [-0.2, -0.15) is 0 Å². The number of imidazole rings is 1. The molecule has 2 amide bonds. The number of furan rings is 1. The Morgan fingerprint density at radius 2 is 2.29 bits per heavy atom. The number of rotatable bonds is 5. The minimum atomic E-state index is -0.0411. The second-order valence-electron chi connectivity index (χ2n) is 6.89. The van der Waals surface area contributed by atoms with Crippen molar-refractivity contribution in [3.8, 4) is 0 Å². The molecule has 6 heteroatoms. The predicted molar refractivity (Wildman–Crippen MR) is 89.4 cm³/mol. The number of nitrogens with one attached hydrogen (secondary N) is 1. The SMILES string of the molecule is CC(c1ccco1)N(C(=O)NC1CCCC1n1ccnc1)C1CC1. The van der Waals surface area contributed by atoms with Crippen molar-refractivity contribution in [2.24, 2.45) is 0 Å². The number of hydrogen-bond donors (Lipinski definition) is 1. The van der Waals surface area contributed by atoms with E-state index in [4.69, 9.17) is 4.42 Å². The first-order valence-electron chi connectivity index (χ1n) is 8.83. The molecule has 2 fully saturated rings. The van der Waals surface area contributed by atoms with E-state index in [1.165, 1.54) is 0 Å². The van der Waals surface area contributed by atoms with Crippen LogP contribution in [-0.2, 0) is 0 Å². The molecule has 2 aliphatic carbocycles. The van der Waals surface area contributed by atoms with E-state index in [-0.39, 0.29) is 18.1 Å². The summed E-state index contributed by atoms with van der Waals surface area (Å²) in [6, 6.07) is 4.60. The zero-order valence-electron chi connectivity index (χ0n) is 14.0. The highest BCUT2D eigenvalue weighted by Gasteiger charge is 2.39. The number of aromatic nitrogens is 2. The lowest BCUT2D eigenvalue weighted by molar-refractivity contribution is 0.160. The molecule has 2 aromatic rings. The van der Waals surface area contributed by atoms with Crippen LogP contribution in [0.5, 0.6) is 0 Å². The van der Waals surface area contributed by atoms with Crippen LogP contribution in [0.1, 0.15) is 56.9 Å². The van der Waals surface area contributed by atoms with Gasteiger partial charge in [-0.05, 0) is 51.2 Å². The zero-order valence-corrected chi connectivity index (χ0v) is 14.0. The molecular weight excluding hydrogens is 304 g/mol. The number of carbonyl (C=O) groups excluding carboxylic acids is 1. The van der Waals surface area contributed by atoms with Gasteiger partial charge in [0.05, 0.1) is 30.7 Å². The van der Waals surface area contributed by atoms with E-state index in [1.807, 2.05) is 36.5 Å². The van der Waals surface area contributed by atoms with Gasteiger partial charge in [0.2, 0.25) is 0 Å². The molecule has 3 atom stereocenters. The minimum absolute atomic E-state index is 0.0263. The van der Waals surface area contributed by atoms with Crippen molar-refractivity contribution in [1.29, 1.82) is 0 Å². The van der Waals surface area contributed by atoms with Gasteiger partial charge in [0.25, 0.3) is 0 Å². The van der Waals surface area contributed by atoms with E-state index in [0.717, 1.165) is 37.9 Å². The summed E-state index contributed by atoms with van der Waals surface area (Å²) in [5.41, 5.74) is 0. The van der Waals surface area contributed by atoms with Crippen LogP contribution in [0, 0.1) is 0 Å². The Kier molecular flexibility index (Phi) is 4.04. The van der Waals surface area contributed by atoms with Gasteiger partial charge < -0.3 is 19.2 Å². The Balaban J connectivity index is 1.47. The largest absolute Gasteiger partial charge is 0.467 e. The van der Waals surface area contributed by atoms with Gasteiger partial charge >= 0.3 is 6.03 Å². The van der Waals surface area contributed by atoms with Crippen molar-refractivity contribution in [3.05, 3.63) is 42.9 Å². The number of urea groups is 1. The van der Waals surface area contributed by atoms with Crippen molar-refractivity contribution in [2.45, 2.75) is 63.2 Å². The highest BCUT2D eigenvalue weighted by atomic mass is 16.3. The number of hydrogen-bond acceptors (Lipinski definition) is 3. The van der Waals surface area contributed by atoms with Gasteiger partial charge in [0.15, 0.2) is 0 Å². The van der Waals surface area contributed by atoms with Crippen molar-refractivity contribution >= 4 is 6.03 Å². The van der Waals surface area contributed by atoms with Crippen LogP contribution in [0.15, 0.2) is 41.5 Å². The fourth-order valence-electron chi connectivity index (χ4n) is 3.84. The van der Waals surface area contributed by atoms with Gasteiger partial charge in [-0.1, -0.05) is 0 Å². The van der Waals surface area contributed by atoms with Gasteiger partial charge in [-0.25, -0.2) is 9.78 Å². The van der Waals surface area contributed by atoms with Crippen LogP contribution in [0.2, 0.25) is 0 Å². The fourth-order valence-corrected chi connectivity index (χ4v) is 3.84. The lowest BCUT2D eigenvalue weighted by Gasteiger charge is -2.31. The maximum absolute atomic E-state index is 13.0. The number of nitrogens with zero attached hydrogens (tertiary/aromatic N) is 3. The molecule has 0 aliphatic heterocycles. The summed E-state index contributed by atoms with van der Waals surface area (Å²) in [4.78, 5) is 19.1. The Labute approximate surface area is 141 Å². The van der Waals surface area contributed by atoms with Crippen LogP contribution in [0.25, 0.3) is 0 Å². The monoisotopic (exact) mass is 328 g/mol. The molecule has 2 aromatic heterocycles. The molecule has 6 nitrogen and oxygen atoms in total.